The van der Waals surface area contributed by atoms with Gasteiger partial charge in [0.2, 0.25) is 0 Å². The fraction of sp³-hybridized carbons (Fsp3) is 1.00. The Hall–Kier alpha value is 2.00. The molecule has 0 saturated heterocycles. The quantitative estimate of drug-likeness (QED) is 0.417. The molecule has 0 atom stereocenters. The summed E-state index contributed by atoms with van der Waals surface area (Å²) in [5.41, 5.74) is 0. The molecular formula is C4H16Na2. The molecule has 2 heteroatoms. The Morgan fingerprint density at radius 1 is 0.333 bits per heavy atom. The smallest absolute Gasteiger partial charge is 0 e. The van der Waals surface area contributed by atoms with Crippen LogP contribution in [0.1, 0.15) is 29.7 Å². The van der Waals surface area contributed by atoms with E-state index in [2.05, 4.69) is 0 Å². The third kappa shape index (κ3) is 37.5. The van der Waals surface area contributed by atoms with E-state index in [0.29, 0.717) is 0 Å². The second-order valence-electron chi connectivity index (χ2n) is 0. The van der Waals surface area contributed by atoms with Crippen molar-refractivity contribution in [2.45, 2.75) is 29.7 Å². The summed E-state index contributed by atoms with van der Waals surface area (Å²) in [5, 5.41) is 0. The van der Waals surface area contributed by atoms with Gasteiger partial charge in [-0.15, -0.1) is 0 Å². The predicted molar refractivity (Wildman–Crippen MR) is 38.4 cm³/mol. The van der Waals surface area contributed by atoms with Gasteiger partial charge < -0.3 is 0 Å². The van der Waals surface area contributed by atoms with E-state index < -0.39 is 0 Å². The van der Waals surface area contributed by atoms with Crippen molar-refractivity contribution >= 4 is 59.1 Å². The van der Waals surface area contributed by atoms with Crippen LogP contribution in [0.4, 0.5) is 0 Å². The van der Waals surface area contributed by atoms with Gasteiger partial charge in [-0.1, -0.05) is 29.7 Å². The third-order valence-corrected chi connectivity index (χ3v) is 0. The van der Waals surface area contributed by atoms with Gasteiger partial charge in [-0.3, -0.25) is 0 Å². The van der Waals surface area contributed by atoms with E-state index in [1.165, 1.54) is 0 Å². The maximum atomic E-state index is 0. The molecule has 0 aliphatic rings. The van der Waals surface area contributed by atoms with Crippen LogP contribution in [0.2, 0.25) is 0 Å². The van der Waals surface area contributed by atoms with Crippen LogP contribution in [0.15, 0.2) is 0 Å². The monoisotopic (exact) mass is 110 g/mol. The predicted octanol–water partition coefficient (Wildman–Crippen LogP) is 1.78. The Morgan fingerprint density at radius 3 is 0.333 bits per heavy atom. The molecule has 0 rings (SSSR count). The van der Waals surface area contributed by atoms with Crippen molar-refractivity contribution < 1.29 is 0 Å². The minimum Gasteiger partial charge on any atom is -0.0776 e. The summed E-state index contributed by atoms with van der Waals surface area (Å²) in [6.07, 6.45) is 0. The zero-order chi connectivity index (χ0) is 0. The van der Waals surface area contributed by atoms with E-state index in [4.69, 9.17) is 0 Å². The van der Waals surface area contributed by atoms with Crippen LogP contribution in [0.3, 0.4) is 0 Å². The minimum atomic E-state index is 0. The Morgan fingerprint density at radius 2 is 0.333 bits per heavy atom. The topological polar surface area (TPSA) is 0 Å². The zero-order valence-electron chi connectivity index (χ0n) is 2.00. The summed E-state index contributed by atoms with van der Waals surface area (Å²) in [6.45, 7) is 0. The van der Waals surface area contributed by atoms with Crippen molar-refractivity contribution in [1.82, 2.24) is 0 Å². The van der Waals surface area contributed by atoms with E-state index in [-0.39, 0.29) is 88.8 Å². The normalized spacial score (nSPS) is 0. The summed E-state index contributed by atoms with van der Waals surface area (Å²) >= 11 is 0. The molecule has 0 bridgehead atoms. The Kier molecular flexibility index (Phi) is 1030. The minimum absolute atomic E-state index is 0. The molecule has 0 aromatic heterocycles. The molecule has 6 heavy (non-hydrogen) atoms. The van der Waals surface area contributed by atoms with Crippen molar-refractivity contribution in [3.05, 3.63) is 0 Å². The molecule has 0 fully saturated rings. The van der Waals surface area contributed by atoms with E-state index in [1.807, 2.05) is 0 Å². The van der Waals surface area contributed by atoms with E-state index in [9.17, 15) is 0 Å². The first-order valence-electron chi connectivity index (χ1n) is 0. The molecule has 0 amide bonds. The van der Waals surface area contributed by atoms with Crippen molar-refractivity contribution in [2.75, 3.05) is 0 Å². The Labute approximate surface area is 87.7 Å². The summed E-state index contributed by atoms with van der Waals surface area (Å²) in [6, 6.07) is 0. The Balaban J connectivity index is 0. The largest absolute Gasteiger partial charge is 0.0776 e. The summed E-state index contributed by atoms with van der Waals surface area (Å²) in [4.78, 5) is 0. The van der Waals surface area contributed by atoms with Gasteiger partial charge in [-0.25, -0.2) is 0 Å². The van der Waals surface area contributed by atoms with Crippen LogP contribution < -0.4 is 0 Å². The molecule has 0 aliphatic carbocycles. The van der Waals surface area contributed by atoms with Gasteiger partial charge in [-0.05, 0) is 0 Å². The van der Waals surface area contributed by atoms with Crippen molar-refractivity contribution in [1.29, 1.82) is 0 Å². The number of rotatable bonds is 0. The molecule has 0 aliphatic heterocycles. The Bertz CT molecular complexity index is 5.51. The maximum Gasteiger partial charge on any atom is 0 e. The van der Waals surface area contributed by atoms with Gasteiger partial charge in [0.25, 0.3) is 0 Å². The molecule has 0 unspecified atom stereocenters. The van der Waals surface area contributed by atoms with Gasteiger partial charge in [0, 0.05) is 59.1 Å². The molecule has 2 radical (unpaired) electrons. The summed E-state index contributed by atoms with van der Waals surface area (Å²) in [7, 11) is 0. The van der Waals surface area contributed by atoms with Gasteiger partial charge in [0.05, 0.1) is 0 Å². The van der Waals surface area contributed by atoms with Crippen molar-refractivity contribution in [2.24, 2.45) is 0 Å². The second kappa shape index (κ2) is 63.0. The molecule has 0 N–H and O–H groups in total. The van der Waals surface area contributed by atoms with Crippen LogP contribution in [-0.2, 0) is 0 Å². The van der Waals surface area contributed by atoms with E-state index in [1.54, 1.807) is 0 Å². The molecular weight excluding hydrogens is 94.0 g/mol. The van der Waals surface area contributed by atoms with Gasteiger partial charge in [0.1, 0.15) is 0 Å². The van der Waals surface area contributed by atoms with Gasteiger partial charge in [0.15, 0.2) is 0 Å². The third-order valence-electron chi connectivity index (χ3n) is 0. The average Bonchev–Trinajstić information content (AvgIpc) is 0. The van der Waals surface area contributed by atoms with E-state index in [0.717, 1.165) is 0 Å². The summed E-state index contributed by atoms with van der Waals surface area (Å²) in [5.74, 6) is 0. The van der Waals surface area contributed by atoms with Crippen LogP contribution in [0, 0.1) is 0 Å². The fourth-order valence-corrected chi connectivity index (χ4v) is 0. The average molecular weight is 110 g/mol. The zero-order valence-corrected chi connectivity index (χ0v) is 6.00. The van der Waals surface area contributed by atoms with Gasteiger partial charge in [-0.2, -0.15) is 0 Å². The van der Waals surface area contributed by atoms with Crippen molar-refractivity contribution in [3.8, 4) is 0 Å². The van der Waals surface area contributed by atoms with Crippen LogP contribution in [0.25, 0.3) is 0 Å². The molecule has 0 aromatic carbocycles. The van der Waals surface area contributed by atoms with Gasteiger partial charge >= 0.3 is 0 Å². The molecule has 0 aromatic rings. The standard InChI is InChI=1S/4CH4.2Na/h4*1H4;;. The molecule has 34 valence electrons. The first-order valence-corrected chi connectivity index (χ1v) is 0. The summed E-state index contributed by atoms with van der Waals surface area (Å²) < 4.78 is 0. The van der Waals surface area contributed by atoms with Crippen LogP contribution in [0.5, 0.6) is 0 Å². The first kappa shape index (κ1) is 98.0. The number of hydrogen-bond donors (Lipinski definition) is 0. The maximum absolute atomic E-state index is 0. The van der Waals surface area contributed by atoms with Crippen molar-refractivity contribution in [3.63, 3.8) is 0 Å². The molecule has 0 saturated carbocycles. The molecule has 0 heterocycles. The molecule has 0 nitrogen and oxygen atoms in total. The molecule has 0 spiro atoms. The van der Waals surface area contributed by atoms with Crippen LogP contribution >= 0.6 is 0 Å². The number of hydrogen-bond acceptors (Lipinski definition) is 0. The van der Waals surface area contributed by atoms with E-state index >= 15 is 0 Å². The second-order valence-corrected chi connectivity index (χ2v) is 0. The van der Waals surface area contributed by atoms with Crippen LogP contribution in [-0.4, -0.2) is 59.1 Å². The fourth-order valence-electron chi connectivity index (χ4n) is 0. The SMILES string of the molecule is C.C.C.C.[Na].[Na]. The first-order chi connectivity index (χ1) is 0.